The lowest BCUT2D eigenvalue weighted by molar-refractivity contribution is -0.131. The predicted molar refractivity (Wildman–Crippen MR) is 119 cm³/mol. The van der Waals surface area contributed by atoms with Crippen molar-refractivity contribution < 1.29 is 14.4 Å². The lowest BCUT2D eigenvalue weighted by Crippen LogP contribution is -2.50. The molecule has 0 unspecified atom stereocenters. The van der Waals surface area contributed by atoms with Crippen molar-refractivity contribution in [2.24, 2.45) is 11.7 Å². The maximum absolute atomic E-state index is 12.3. The minimum Gasteiger partial charge on any atom is -0.354 e. The third-order valence-corrected chi connectivity index (χ3v) is 4.57. The van der Waals surface area contributed by atoms with Crippen LogP contribution in [0.3, 0.4) is 0 Å². The van der Waals surface area contributed by atoms with E-state index in [2.05, 4.69) is 20.6 Å². The standard InChI is InChI=1S/C18H29N7O3.2ClH/c1-13(2)16(19)17(28)23-12-14(26)20-7-4-15(27)24-8-10-25(11-9-24)18-21-5-3-6-22-18;;/h3,5-6,13,16H,4,7-12,19H2,1-2H3,(H,20,26)(H,23,28);2*1H/t16-;;/m0../s1. The first-order chi connectivity index (χ1) is 13.4. The summed E-state index contributed by atoms with van der Waals surface area (Å²) in [5.74, 6) is -0.0554. The Morgan fingerprint density at radius 2 is 1.67 bits per heavy atom. The van der Waals surface area contributed by atoms with E-state index in [9.17, 15) is 14.4 Å². The van der Waals surface area contributed by atoms with Gasteiger partial charge in [0.25, 0.3) is 0 Å². The van der Waals surface area contributed by atoms with Crippen molar-refractivity contribution >= 4 is 48.5 Å². The van der Waals surface area contributed by atoms with Crippen LogP contribution in [0.25, 0.3) is 0 Å². The number of piperazine rings is 1. The van der Waals surface area contributed by atoms with E-state index in [0.29, 0.717) is 32.1 Å². The summed E-state index contributed by atoms with van der Waals surface area (Å²) in [7, 11) is 0. The number of hydrogen-bond acceptors (Lipinski definition) is 7. The van der Waals surface area contributed by atoms with Gasteiger partial charge in [0.1, 0.15) is 0 Å². The second-order valence-electron chi connectivity index (χ2n) is 7.00. The molecule has 2 rings (SSSR count). The molecule has 1 atom stereocenters. The second-order valence-corrected chi connectivity index (χ2v) is 7.00. The van der Waals surface area contributed by atoms with Gasteiger partial charge in [0.2, 0.25) is 23.7 Å². The van der Waals surface area contributed by atoms with Crippen molar-refractivity contribution in [3.05, 3.63) is 18.5 Å². The normalized spacial score (nSPS) is 14.3. The van der Waals surface area contributed by atoms with E-state index >= 15 is 0 Å². The van der Waals surface area contributed by atoms with Crippen molar-refractivity contribution in [3.8, 4) is 0 Å². The Kier molecular flexibility index (Phi) is 12.9. The van der Waals surface area contributed by atoms with Gasteiger partial charge in [0, 0.05) is 51.5 Å². The van der Waals surface area contributed by atoms with Gasteiger partial charge in [0.05, 0.1) is 12.6 Å². The Bertz CT molecular complexity index is 671. The van der Waals surface area contributed by atoms with Gasteiger partial charge in [-0.2, -0.15) is 0 Å². The van der Waals surface area contributed by atoms with Gasteiger partial charge in [-0.3, -0.25) is 14.4 Å². The van der Waals surface area contributed by atoms with Crippen LogP contribution in [0.5, 0.6) is 0 Å². The minimum atomic E-state index is -0.644. The van der Waals surface area contributed by atoms with Crippen LogP contribution in [0.4, 0.5) is 5.95 Å². The first kappa shape index (κ1) is 27.8. The van der Waals surface area contributed by atoms with Crippen LogP contribution in [0.15, 0.2) is 18.5 Å². The van der Waals surface area contributed by atoms with Gasteiger partial charge in [-0.1, -0.05) is 13.8 Å². The van der Waals surface area contributed by atoms with Gasteiger partial charge < -0.3 is 26.2 Å². The third kappa shape index (κ3) is 8.68. The van der Waals surface area contributed by atoms with Crippen molar-refractivity contribution in [2.45, 2.75) is 26.3 Å². The van der Waals surface area contributed by atoms with E-state index in [1.807, 2.05) is 18.7 Å². The fourth-order valence-electron chi connectivity index (χ4n) is 2.73. The van der Waals surface area contributed by atoms with Crippen molar-refractivity contribution in [2.75, 3.05) is 44.2 Å². The van der Waals surface area contributed by atoms with E-state index in [-0.39, 0.29) is 68.0 Å². The molecular weight excluding hydrogens is 433 g/mol. The molecule has 0 saturated carbocycles. The van der Waals surface area contributed by atoms with Crippen LogP contribution in [0, 0.1) is 5.92 Å². The van der Waals surface area contributed by atoms with E-state index in [4.69, 9.17) is 5.73 Å². The van der Waals surface area contributed by atoms with Crippen LogP contribution in [-0.2, 0) is 14.4 Å². The second kappa shape index (κ2) is 13.9. The number of nitrogens with two attached hydrogens (primary N) is 1. The Balaban J connectivity index is 0.00000420. The summed E-state index contributed by atoms with van der Waals surface area (Å²) < 4.78 is 0. The number of carbonyl (C=O) groups excluding carboxylic acids is 3. The predicted octanol–water partition coefficient (Wildman–Crippen LogP) is -0.425. The van der Waals surface area contributed by atoms with Crippen LogP contribution in [0.2, 0.25) is 0 Å². The summed E-state index contributed by atoms with van der Waals surface area (Å²) in [6.07, 6.45) is 3.61. The molecule has 1 aliphatic rings. The van der Waals surface area contributed by atoms with Crippen molar-refractivity contribution in [1.82, 2.24) is 25.5 Å². The molecule has 0 aromatic carbocycles. The van der Waals surface area contributed by atoms with Gasteiger partial charge in [-0.15, -0.1) is 24.8 Å². The molecule has 0 bridgehead atoms. The number of rotatable bonds is 8. The van der Waals surface area contributed by atoms with E-state index in [1.54, 1.807) is 23.4 Å². The molecule has 30 heavy (non-hydrogen) atoms. The molecule has 1 aliphatic heterocycles. The number of hydrogen-bond donors (Lipinski definition) is 3. The maximum atomic E-state index is 12.3. The van der Waals surface area contributed by atoms with Gasteiger partial charge >= 0.3 is 0 Å². The number of nitrogens with zero attached hydrogens (tertiary/aromatic N) is 4. The first-order valence-corrected chi connectivity index (χ1v) is 9.48. The molecule has 0 radical (unpaired) electrons. The Labute approximate surface area is 189 Å². The topological polar surface area (TPSA) is 134 Å². The molecule has 10 nitrogen and oxygen atoms in total. The van der Waals surface area contributed by atoms with E-state index < -0.39 is 6.04 Å². The summed E-state index contributed by atoms with van der Waals surface area (Å²) in [5.41, 5.74) is 5.71. The summed E-state index contributed by atoms with van der Waals surface area (Å²) in [6.45, 7) is 6.27. The van der Waals surface area contributed by atoms with Crippen molar-refractivity contribution in [3.63, 3.8) is 0 Å². The summed E-state index contributed by atoms with van der Waals surface area (Å²) in [5, 5.41) is 5.14. The summed E-state index contributed by atoms with van der Waals surface area (Å²) in [4.78, 5) is 48.0. The number of aromatic nitrogens is 2. The van der Waals surface area contributed by atoms with E-state index in [0.717, 1.165) is 0 Å². The quantitative estimate of drug-likeness (QED) is 0.476. The highest BCUT2D eigenvalue weighted by Gasteiger charge is 2.22. The fraction of sp³-hybridized carbons (Fsp3) is 0.611. The largest absolute Gasteiger partial charge is 0.354 e. The SMILES string of the molecule is CC(C)[C@H](N)C(=O)NCC(=O)NCCC(=O)N1CCN(c2ncccn2)CC1.Cl.Cl. The lowest BCUT2D eigenvalue weighted by Gasteiger charge is -2.34. The number of carbonyl (C=O) groups is 3. The molecule has 170 valence electrons. The smallest absolute Gasteiger partial charge is 0.239 e. The van der Waals surface area contributed by atoms with Gasteiger partial charge in [-0.05, 0) is 12.0 Å². The maximum Gasteiger partial charge on any atom is 0.239 e. The molecule has 1 saturated heterocycles. The lowest BCUT2D eigenvalue weighted by atomic mass is 10.1. The highest BCUT2D eigenvalue weighted by molar-refractivity contribution is 5.87. The van der Waals surface area contributed by atoms with E-state index in [1.165, 1.54) is 0 Å². The number of nitrogens with one attached hydrogen (secondary N) is 2. The molecule has 0 spiro atoms. The molecule has 4 N–H and O–H groups in total. The third-order valence-electron chi connectivity index (χ3n) is 4.57. The van der Waals surface area contributed by atoms with Crippen LogP contribution >= 0.6 is 24.8 Å². The Morgan fingerprint density at radius 3 is 2.23 bits per heavy atom. The van der Waals surface area contributed by atoms with Crippen LogP contribution < -0.4 is 21.3 Å². The highest BCUT2D eigenvalue weighted by Crippen LogP contribution is 2.10. The zero-order valence-corrected chi connectivity index (χ0v) is 18.9. The molecule has 12 heteroatoms. The number of halogens is 2. The monoisotopic (exact) mass is 463 g/mol. The van der Waals surface area contributed by atoms with Gasteiger partial charge in [0.15, 0.2) is 0 Å². The average molecular weight is 464 g/mol. The molecule has 2 heterocycles. The molecule has 3 amide bonds. The Hall–Kier alpha value is -2.17. The molecule has 1 fully saturated rings. The molecule has 0 aliphatic carbocycles. The van der Waals surface area contributed by atoms with Crippen molar-refractivity contribution in [1.29, 1.82) is 0 Å². The molecular formula is C18H31Cl2N7O3. The molecule has 1 aromatic rings. The van der Waals surface area contributed by atoms with Crippen LogP contribution in [-0.4, -0.2) is 77.9 Å². The molecule has 1 aromatic heterocycles. The summed E-state index contributed by atoms with van der Waals surface area (Å²) >= 11 is 0. The zero-order valence-electron chi connectivity index (χ0n) is 17.2. The minimum absolute atomic E-state index is 0. The highest BCUT2D eigenvalue weighted by atomic mass is 35.5. The van der Waals surface area contributed by atoms with Crippen LogP contribution in [0.1, 0.15) is 20.3 Å². The Morgan fingerprint density at radius 1 is 1.07 bits per heavy atom. The number of amides is 3. The average Bonchev–Trinajstić information content (AvgIpc) is 2.72. The zero-order chi connectivity index (χ0) is 20.5. The number of anilines is 1. The fourth-order valence-corrected chi connectivity index (χ4v) is 2.73. The first-order valence-electron chi connectivity index (χ1n) is 9.48. The summed E-state index contributed by atoms with van der Waals surface area (Å²) in [6, 6.07) is 1.12. The van der Waals surface area contributed by atoms with Gasteiger partial charge in [-0.25, -0.2) is 9.97 Å².